The van der Waals surface area contributed by atoms with E-state index >= 15 is 0 Å². The van der Waals surface area contributed by atoms with Crippen LogP contribution in [0.1, 0.15) is 27.2 Å². The predicted molar refractivity (Wildman–Crippen MR) is 76.3 cm³/mol. The summed E-state index contributed by atoms with van der Waals surface area (Å²) in [5.41, 5.74) is 3.55. The van der Waals surface area contributed by atoms with Crippen molar-refractivity contribution in [3.8, 4) is 11.4 Å². The summed E-state index contributed by atoms with van der Waals surface area (Å²) in [7, 11) is 0. The first-order valence-corrected chi connectivity index (χ1v) is 6.53. The van der Waals surface area contributed by atoms with E-state index in [9.17, 15) is 4.79 Å². The molecule has 0 bridgehead atoms. The van der Waals surface area contributed by atoms with Gasteiger partial charge in [0, 0.05) is 21.8 Å². The number of aryl methyl sites for hydroxylation is 3. The van der Waals surface area contributed by atoms with Crippen molar-refractivity contribution in [3.05, 3.63) is 45.2 Å². The number of aromatic carboxylic acids is 1. The third-order valence-corrected chi connectivity index (χ3v) is 4.12. The maximum Gasteiger partial charge on any atom is 0.354 e. The van der Waals surface area contributed by atoms with Gasteiger partial charge < -0.3 is 5.11 Å². The number of benzene rings is 1. The maximum absolute atomic E-state index is 11.1. The predicted octanol–water partition coefficient (Wildman–Crippen LogP) is 3.53. The molecule has 1 N–H and O–H groups in total. The first-order chi connectivity index (χ1) is 8.90. The Bertz CT molecular complexity index is 645. The zero-order valence-corrected chi connectivity index (χ0v) is 12.4. The van der Waals surface area contributed by atoms with Gasteiger partial charge in [0.2, 0.25) is 0 Å². The number of halogens is 1. The monoisotopic (exact) mass is 320 g/mol. The minimum atomic E-state index is -1.04. The highest BCUT2D eigenvalue weighted by Crippen LogP contribution is 2.27. The Hall–Kier alpha value is -1.75. The van der Waals surface area contributed by atoms with Gasteiger partial charge in [-0.15, -0.1) is 0 Å². The molecule has 2 rings (SSSR count). The molecule has 0 aliphatic rings. The van der Waals surface area contributed by atoms with Crippen molar-refractivity contribution < 1.29 is 9.90 Å². The van der Waals surface area contributed by atoms with Gasteiger partial charge in [-0.1, -0.05) is 15.9 Å². The van der Waals surface area contributed by atoms with E-state index in [0.29, 0.717) is 11.4 Å². The number of hydrogen-bond acceptors (Lipinski definition) is 3. The standard InChI is InChI=1S/C14H13BrN2O2/c1-7-4-10(5-8(2)11(7)15)13-16-6-9(3)12(17-13)14(18)19/h4-6H,1-3H3,(H,18,19). The average molecular weight is 321 g/mol. The van der Waals surface area contributed by atoms with Crippen molar-refractivity contribution in [2.24, 2.45) is 0 Å². The normalized spacial score (nSPS) is 10.5. The highest BCUT2D eigenvalue weighted by molar-refractivity contribution is 9.10. The van der Waals surface area contributed by atoms with Crippen LogP contribution < -0.4 is 0 Å². The van der Waals surface area contributed by atoms with Crippen LogP contribution in [0.2, 0.25) is 0 Å². The molecule has 0 unspecified atom stereocenters. The summed E-state index contributed by atoms with van der Waals surface area (Å²) in [6.45, 7) is 5.64. The summed E-state index contributed by atoms with van der Waals surface area (Å²) >= 11 is 3.50. The lowest BCUT2D eigenvalue weighted by atomic mass is 10.1. The van der Waals surface area contributed by atoms with Gasteiger partial charge in [-0.05, 0) is 44.0 Å². The molecule has 1 aromatic carbocycles. The molecule has 0 radical (unpaired) electrons. The van der Waals surface area contributed by atoms with E-state index in [1.54, 1.807) is 13.1 Å². The van der Waals surface area contributed by atoms with Crippen molar-refractivity contribution in [2.75, 3.05) is 0 Å². The van der Waals surface area contributed by atoms with Gasteiger partial charge in [-0.3, -0.25) is 0 Å². The fourth-order valence-corrected chi connectivity index (χ4v) is 2.10. The van der Waals surface area contributed by atoms with Crippen LogP contribution in [0.5, 0.6) is 0 Å². The van der Waals surface area contributed by atoms with Crippen LogP contribution in [0.4, 0.5) is 0 Å². The van der Waals surface area contributed by atoms with Crippen LogP contribution in [0.3, 0.4) is 0 Å². The third kappa shape index (κ3) is 2.66. The molecule has 0 fully saturated rings. The minimum absolute atomic E-state index is 0.0447. The van der Waals surface area contributed by atoms with Gasteiger partial charge in [0.25, 0.3) is 0 Å². The van der Waals surface area contributed by atoms with Crippen LogP contribution in [0.25, 0.3) is 11.4 Å². The molecule has 19 heavy (non-hydrogen) atoms. The first kappa shape index (κ1) is 13.7. The molecule has 5 heteroatoms. The number of carboxylic acids is 1. The highest BCUT2D eigenvalue weighted by Gasteiger charge is 2.13. The average Bonchev–Trinajstić information content (AvgIpc) is 2.35. The molecule has 0 aliphatic carbocycles. The number of rotatable bonds is 2. The van der Waals surface area contributed by atoms with Crippen LogP contribution in [0.15, 0.2) is 22.8 Å². The van der Waals surface area contributed by atoms with Gasteiger partial charge in [-0.25, -0.2) is 14.8 Å². The Kier molecular flexibility index (Phi) is 3.66. The smallest absolute Gasteiger partial charge is 0.354 e. The molecule has 98 valence electrons. The van der Waals surface area contributed by atoms with E-state index in [0.717, 1.165) is 21.2 Å². The molecule has 0 spiro atoms. The van der Waals surface area contributed by atoms with E-state index in [1.165, 1.54) is 0 Å². The second-order valence-corrected chi connectivity index (χ2v) is 5.25. The van der Waals surface area contributed by atoms with Crippen LogP contribution in [-0.4, -0.2) is 21.0 Å². The Balaban J connectivity index is 2.60. The Labute approximate surface area is 119 Å². The van der Waals surface area contributed by atoms with Crippen molar-refractivity contribution in [1.29, 1.82) is 0 Å². The molecule has 0 amide bonds. The lowest BCUT2D eigenvalue weighted by Crippen LogP contribution is -2.06. The van der Waals surface area contributed by atoms with Gasteiger partial charge in [0.1, 0.15) is 0 Å². The van der Waals surface area contributed by atoms with E-state index < -0.39 is 5.97 Å². The molecule has 0 saturated heterocycles. The van der Waals surface area contributed by atoms with Crippen molar-refractivity contribution in [2.45, 2.75) is 20.8 Å². The molecule has 4 nitrogen and oxygen atoms in total. The van der Waals surface area contributed by atoms with Crippen molar-refractivity contribution in [3.63, 3.8) is 0 Å². The molecular weight excluding hydrogens is 308 g/mol. The molecule has 1 aromatic heterocycles. The SMILES string of the molecule is Cc1cnc(-c2cc(C)c(Br)c(C)c2)nc1C(=O)O. The first-order valence-electron chi connectivity index (χ1n) is 5.74. The fourth-order valence-electron chi connectivity index (χ4n) is 1.87. The summed E-state index contributed by atoms with van der Waals surface area (Å²) in [5.74, 6) is -0.603. The lowest BCUT2D eigenvalue weighted by Gasteiger charge is -2.08. The Morgan fingerprint density at radius 1 is 1.16 bits per heavy atom. The zero-order chi connectivity index (χ0) is 14.2. The van der Waals surface area contributed by atoms with E-state index in [1.807, 2.05) is 26.0 Å². The number of carbonyl (C=O) groups is 1. The lowest BCUT2D eigenvalue weighted by molar-refractivity contribution is 0.0689. The summed E-state index contributed by atoms with van der Waals surface area (Å²) in [6, 6.07) is 3.88. The number of aromatic nitrogens is 2. The second kappa shape index (κ2) is 5.09. The number of hydrogen-bond donors (Lipinski definition) is 1. The topological polar surface area (TPSA) is 63.1 Å². The largest absolute Gasteiger partial charge is 0.477 e. The Morgan fingerprint density at radius 3 is 2.26 bits per heavy atom. The molecular formula is C14H13BrN2O2. The van der Waals surface area contributed by atoms with Gasteiger partial charge in [0.15, 0.2) is 11.5 Å². The van der Waals surface area contributed by atoms with Gasteiger partial charge in [0.05, 0.1) is 0 Å². The summed E-state index contributed by atoms with van der Waals surface area (Å²) in [4.78, 5) is 19.4. The van der Waals surface area contributed by atoms with Gasteiger partial charge in [-0.2, -0.15) is 0 Å². The number of carboxylic acid groups (broad SMARTS) is 1. The van der Waals surface area contributed by atoms with Crippen molar-refractivity contribution >= 4 is 21.9 Å². The van der Waals surface area contributed by atoms with Crippen LogP contribution >= 0.6 is 15.9 Å². The molecule has 0 atom stereocenters. The van der Waals surface area contributed by atoms with Gasteiger partial charge >= 0.3 is 5.97 Å². The van der Waals surface area contributed by atoms with E-state index in [-0.39, 0.29) is 5.69 Å². The van der Waals surface area contributed by atoms with Crippen molar-refractivity contribution in [1.82, 2.24) is 9.97 Å². The summed E-state index contributed by atoms with van der Waals surface area (Å²) in [5, 5.41) is 9.09. The van der Waals surface area contributed by atoms with E-state index in [2.05, 4.69) is 25.9 Å². The van der Waals surface area contributed by atoms with Crippen LogP contribution in [-0.2, 0) is 0 Å². The Morgan fingerprint density at radius 2 is 1.74 bits per heavy atom. The maximum atomic E-state index is 11.1. The molecule has 1 heterocycles. The highest BCUT2D eigenvalue weighted by atomic mass is 79.9. The molecule has 0 aliphatic heterocycles. The second-order valence-electron chi connectivity index (χ2n) is 4.45. The van der Waals surface area contributed by atoms with E-state index in [4.69, 9.17) is 5.11 Å². The summed E-state index contributed by atoms with van der Waals surface area (Å²) < 4.78 is 1.04. The third-order valence-electron chi connectivity index (χ3n) is 2.87. The fraction of sp³-hybridized carbons (Fsp3) is 0.214. The molecule has 0 saturated carbocycles. The molecule has 2 aromatic rings. The van der Waals surface area contributed by atoms with Crippen LogP contribution in [0, 0.1) is 20.8 Å². The summed E-state index contributed by atoms with van der Waals surface area (Å²) in [6.07, 6.45) is 1.54. The zero-order valence-electron chi connectivity index (χ0n) is 10.9. The minimum Gasteiger partial charge on any atom is -0.477 e. The quantitative estimate of drug-likeness (QED) is 0.919. The number of nitrogens with zero attached hydrogens (tertiary/aromatic N) is 2.